The Hall–Kier alpha value is -10.4. The quantitative estimate of drug-likeness (QED) is 0.137. The van der Waals surface area contributed by atoms with Crippen molar-refractivity contribution >= 4 is 0 Å². The minimum atomic E-state index is 0.00949. The maximum atomic E-state index is 5.48. The molecule has 2 aromatic heterocycles. The molecule has 11 aromatic carbocycles. The van der Waals surface area contributed by atoms with E-state index in [0.29, 0.717) is 11.6 Å². The van der Waals surface area contributed by atoms with E-state index in [-0.39, 0.29) is 11.8 Å². The van der Waals surface area contributed by atoms with Crippen LogP contribution >= 0.6 is 0 Å². The van der Waals surface area contributed by atoms with Crippen molar-refractivity contribution in [2.45, 2.75) is 11.8 Å². The topological polar surface area (TPSA) is 51.6 Å². The van der Waals surface area contributed by atoms with E-state index in [9.17, 15) is 0 Å². The van der Waals surface area contributed by atoms with Crippen molar-refractivity contribution in [2.24, 2.45) is 0 Å². The molecule has 2 unspecified atom stereocenters. The van der Waals surface area contributed by atoms with Crippen LogP contribution in [0.1, 0.15) is 45.2 Å². The molecule has 2 atom stereocenters. The van der Waals surface area contributed by atoms with Crippen LogP contribution in [0.2, 0.25) is 0 Å². The van der Waals surface area contributed by atoms with E-state index in [4.69, 9.17) is 19.9 Å². The molecule has 0 saturated carbocycles. The molecule has 0 fully saturated rings. The summed E-state index contributed by atoms with van der Waals surface area (Å²) in [7, 11) is 0. The zero-order chi connectivity index (χ0) is 52.9. The van der Waals surface area contributed by atoms with E-state index in [1.165, 1.54) is 55.6 Å². The van der Waals surface area contributed by atoms with Crippen LogP contribution in [0.5, 0.6) is 0 Å². The Morgan fingerprint density at radius 1 is 0.175 bits per heavy atom. The van der Waals surface area contributed by atoms with Crippen LogP contribution in [0, 0.1) is 0 Å². The van der Waals surface area contributed by atoms with Crippen LogP contribution in [0.25, 0.3) is 112 Å². The van der Waals surface area contributed by atoms with Crippen LogP contribution in [0.15, 0.2) is 291 Å². The standard InChI is InChI=1S/C76H50N4/c1-5-21-49(22-6-1)53-29-19-31-55(43-53)59-33-13-15-35-61(59)71-47-69(51-25-9-3-10-26-51)77-75(79-71)57-39-41-65-67(45-57)73-63-37-17-18-38-64(63)74(65)68-46-58(40-42-66(68)73)76-78-70(52-27-11-4-12-28-52)48-72(80-76)62-36-16-14-34-60(62)56-32-20-30-54(44-56)50-23-7-2-8-24-50/h1-48,73-74H. The fraction of sp³-hybridized carbons (Fsp3) is 0.0263. The Balaban J connectivity index is 0.837. The molecule has 2 bridgehead atoms. The number of benzene rings is 11. The Labute approximate surface area is 466 Å². The van der Waals surface area contributed by atoms with E-state index in [0.717, 1.165) is 78.4 Å². The summed E-state index contributed by atoms with van der Waals surface area (Å²) in [5.41, 5.74) is 26.8. The van der Waals surface area contributed by atoms with Crippen LogP contribution in [-0.2, 0) is 0 Å². The number of aromatic nitrogens is 4. The van der Waals surface area contributed by atoms with Crippen molar-refractivity contribution in [3.63, 3.8) is 0 Å². The van der Waals surface area contributed by atoms with Crippen molar-refractivity contribution in [1.29, 1.82) is 0 Å². The highest BCUT2D eigenvalue weighted by Gasteiger charge is 2.41. The Morgan fingerprint density at radius 2 is 0.487 bits per heavy atom. The molecule has 16 rings (SSSR count). The van der Waals surface area contributed by atoms with Crippen molar-refractivity contribution in [1.82, 2.24) is 19.9 Å². The minimum Gasteiger partial charge on any atom is -0.228 e. The summed E-state index contributed by atoms with van der Waals surface area (Å²) in [5.74, 6) is 1.41. The van der Waals surface area contributed by atoms with Gasteiger partial charge in [0.05, 0.1) is 22.8 Å². The minimum absolute atomic E-state index is 0.00949. The molecule has 2 heterocycles. The van der Waals surface area contributed by atoms with Crippen molar-refractivity contribution in [2.75, 3.05) is 0 Å². The predicted octanol–water partition coefficient (Wildman–Crippen LogP) is 18.9. The molecular formula is C76H50N4. The molecule has 13 aromatic rings. The van der Waals surface area contributed by atoms with Crippen LogP contribution in [0.3, 0.4) is 0 Å². The van der Waals surface area contributed by atoms with Crippen molar-refractivity contribution in [3.8, 4) is 112 Å². The van der Waals surface area contributed by atoms with Gasteiger partial charge in [-0.3, -0.25) is 0 Å². The van der Waals surface area contributed by atoms with Gasteiger partial charge in [0.15, 0.2) is 11.6 Å². The predicted molar refractivity (Wildman–Crippen MR) is 327 cm³/mol. The lowest BCUT2D eigenvalue weighted by molar-refractivity contribution is 0.754. The third-order valence-corrected chi connectivity index (χ3v) is 16.1. The molecular weight excluding hydrogens is 969 g/mol. The summed E-state index contributed by atoms with van der Waals surface area (Å²) in [4.78, 5) is 21.7. The van der Waals surface area contributed by atoms with Crippen LogP contribution < -0.4 is 0 Å². The molecule has 0 aliphatic heterocycles. The maximum Gasteiger partial charge on any atom is 0.160 e. The Morgan fingerprint density at radius 3 is 0.900 bits per heavy atom. The van der Waals surface area contributed by atoms with Crippen LogP contribution in [0.4, 0.5) is 0 Å². The van der Waals surface area contributed by atoms with Gasteiger partial charge in [-0.05, 0) is 114 Å². The number of nitrogens with zero attached hydrogens (tertiary/aromatic N) is 4. The molecule has 0 amide bonds. The molecule has 3 aliphatic rings. The van der Waals surface area contributed by atoms with Gasteiger partial charge in [-0.2, -0.15) is 0 Å². The molecule has 374 valence electrons. The first-order chi connectivity index (χ1) is 39.6. The molecule has 80 heavy (non-hydrogen) atoms. The second kappa shape index (κ2) is 19.9. The average Bonchev–Trinajstić information content (AvgIpc) is 3.64. The molecule has 0 saturated heterocycles. The summed E-state index contributed by atoms with van der Waals surface area (Å²) < 4.78 is 0. The number of hydrogen-bond donors (Lipinski definition) is 0. The van der Waals surface area contributed by atoms with Crippen molar-refractivity contribution < 1.29 is 0 Å². The first-order valence-corrected chi connectivity index (χ1v) is 27.4. The summed E-state index contributed by atoms with van der Waals surface area (Å²) in [6.45, 7) is 0. The normalized spacial score (nSPS) is 13.8. The highest BCUT2D eigenvalue weighted by Crippen LogP contribution is 2.57. The maximum absolute atomic E-state index is 5.48. The molecule has 4 nitrogen and oxygen atoms in total. The fourth-order valence-electron chi connectivity index (χ4n) is 12.3. The van der Waals surface area contributed by atoms with Gasteiger partial charge in [-0.25, -0.2) is 19.9 Å². The Kier molecular flexibility index (Phi) is 11.6. The first kappa shape index (κ1) is 46.8. The van der Waals surface area contributed by atoms with E-state index >= 15 is 0 Å². The molecule has 0 radical (unpaired) electrons. The lowest BCUT2D eigenvalue weighted by Crippen LogP contribution is -2.27. The van der Waals surface area contributed by atoms with Gasteiger partial charge in [0, 0.05) is 45.2 Å². The lowest BCUT2D eigenvalue weighted by Gasteiger charge is -2.42. The van der Waals surface area contributed by atoms with Gasteiger partial charge in [0.25, 0.3) is 0 Å². The van der Waals surface area contributed by atoms with Gasteiger partial charge in [0.2, 0.25) is 0 Å². The van der Waals surface area contributed by atoms with Gasteiger partial charge in [-0.15, -0.1) is 0 Å². The van der Waals surface area contributed by atoms with Crippen LogP contribution in [-0.4, -0.2) is 19.9 Å². The molecule has 0 spiro atoms. The van der Waals surface area contributed by atoms with Gasteiger partial charge < -0.3 is 0 Å². The number of hydrogen-bond acceptors (Lipinski definition) is 4. The highest BCUT2D eigenvalue weighted by atomic mass is 14.9. The first-order valence-electron chi connectivity index (χ1n) is 27.4. The van der Waals surface area contributed by atoms with Gasteiger partial charge in [0.1, 0.15) is 0 Å². The smallest absolute Gasteiger partial charge is 0.160 e. The SMILES string of the molecule is c1ccc(-c2cccc(-c3ccccc3-c3cc(-c4ccccc4)nc(-c4ccc5c(c4)C4c6ccccc6C5c5cc(-c6nc(-c7ccccc7)cc(-c7ccccc7-c7cccc(-c8ccccc8)c7)n6)ccc54)n3)c2)cc1. The highest BCUT2D eigenvalue weighted by molar-refractivity contribution is 5.88. The fourth-order valence-corrected chi connectivity index (χ4v) is 12.3. The van der Waals surface area contributed by atoms with E-state index < -0.39 is 0 Å². The monoisotopic (exact) mass is 1020 g/mol. The van der Waals surface area contributed by atoms with E-state index in [1.54, 1.807) is 0 Å². The largest absolute Gasteiger partial charge is 0.228 e. The third-order valence-electron chi connectivity index (χ3n) is 16.1. The molecule has 0 N–H and O–H groups in total. The molecule has 4 heteroatoms. The summed E-state index contributed by atoms with van der Waals surface area (Å²) >= 11 is 0. The zero-order valence-electron chi connectivity index (χ0n) is 43.7. The van der Waals surface area contributed by atoms with Crippen molar-refractivity contribution in [3.05, 3.63) is 325 Å². The van der Waals surface area contributed by atoms with Gasteiger partial charge in [-0.1, -0.05) is 255 Å². The number of rotatable bonds is 10. The average molecular weight is 1020 g/mol. The molecule has 3 aliphatic carbocycles. The van der Waals surface area contributed by atoms with E-state index in [2.05, 4.69) is 291 Å². The second-order valence-electron chi connectivity index (χ2n) is 20.8. The summed E-state index contributed by atoms with van der Waals surface area (Å²) in [6, 6.07) is 104. The lowest BCUT2D eigenvalue weighted by atomic mass is 9.61. The zero-order valence-corrected chi connectivity index (χ0v) is 43.7. The summed E-state index contributed by atoms with van der Waals surface area (Å²) in [5, 5.41) is 0. The second-order valence-corrected chi connectivity index (χ2v) is 20.8. The van der Waals surface area contributed by atoms with Gasteiger partial charge >= 0.3 is 0 Å². The van der Waals surface area contributed by atoms with E-state index in [1.807, 2.05) is 0 Å². The third kappa shape index (κ3) is 8.42. The Bertz CT molecular complexity index is 4190. The summed E-state index contributed by atoms with van der Waals surface area (Å²) in [6.07, 6.45) is 0.